The summed E-state index contributed by atoms with van der Waals surface area (Å²) in [7, 11) is -3.80. The highest BCUT2D eigenvalue weighted by Gasteiger charge is 2.15. The van der Waals surface area contributed by atoms with Gasteiger partial charge < -0.3 is 0 Å². The number of carbonyl (C=O) groups excluding carboxylic acids is 1. The third-order valence-electron chi connectivity index (χ3n) is 3.74. The largest absolute Gasteiger partial charge is 0.288 e. The minimum absolute atomic E-state index is 0.116. The Morgan fingerprint density at radius 3 is 2.52 bits per heavy atom. The lowest BCUT2D eigenvalue weighted by Crippen LogP contribution is -2.18. The normalized spacial score (nSPS) is 11.3. The molecule has 3 rings (SSSR count). The molecule has 3 aromatic rings. The Morgan fingerprint density at radius 2 is 1.85 bits per heavy atom. The van der Waals surface area contributed by atoms with Crippen LogP contribution in [0.5, 0.6) is 0 Å². The van der Waals surface area contributed by atoms with E-state index in [4.69, 9.17) is 5.21 Å². The smallest absolute Gasteiger partial charge is 0.274 e. The number of hydrogen-bond donors (Lipinski definition) is 3. The van der Waals surface area contributed by atoms with E-state index in [-0.39, 0.29) is 10.5 Å². The number of aromatic nitrogens is 1. The SMILES string of the molecule is CCSc1ccc2cc(S(=O)(=O)Nc3ccc(C(=O)NO)cc3)ccc2n1. The number of pyridine rings is 1. The number of anilines is 1. The second-order valence-corrected chi connectivity index (χ2v) is 8.53. The molecule has 3 N–H and O–H groups in total. The van der Waals surface area contributed by atoms with Crippen LogP contribution < -0.4 is 10.2 Å². The average Bonchev–Trinajstić information content (AvgIpc) is 2.67. The van der Waals surface area contributed by atoms with Gasteiger partial charge in [0.15, 0.2) is 0 Å². The van der Waals surface area contributed by atoms with E-state index in [0.29, 0.717) is 5.69 Å². The van der Waals surface area contributed by atoms with Crippen molar-refractivity contribution in [1.29, 1.82) is 0 Å². The van der Waals surface area contributed by atoms with E-state index in [2.05, 4.69) is 9.71 Å². The van der Waals surface area contributed by atoms with Gasteiger partial charge in [-0.15, -0.1) is 11.8 Å². The van der Waals surface area contributed by atoms with Gasteiger partial charge >= 0.3 is 0 Å². The number of rotatable bonds is 6. The number of amides is 1. The van der Waals surface area contributed by atoms with Crippen LogP contribution in [0.4, 0.5) is 5.69 Å². The number of fused-ring (bicyclic) bond motifs is 1. The average molecular weight is 403 g/mol. The van der Waals surface area contributed by atoms with Crippen LogP contribution in [0.15, 0.2) is 64.5 Å². The van der Waals surface area contributed by atoms with Crippen LogP contribution in [0.3, 0.4) is 0 Å². The zero-order valence-electron chi connectivity index (χ0n) is 14.3. The fourth-order valence-corrected chi connectivity index (χ4v) is 4.17. The zero-order chi connectivity index (χ0) is 19.4. The third-order valence-corrected chi connectivity index (χ3v) is 5.93. The van der Waals surface area contributed by atoms with Crippen LogP contribution in [-0.2, 0) is 10.0 Å². The minimum atomic E-state index is -3.80. The molecule has 140 valence electrons. The molecule has 0 bridgehead atoms. The molecule has 0 aliphatic heterocycles. The van der Waals surface area contributed by atoms with Crippen LogP contribution in [0.2, 0.25) is 0 Å². The molecule has 0 fully saturated rings. The van der Waals surface area contributed by atoms with E-state index in [0.717, 1.165) is 21.7 Å². The highest BCUT2D eigenvalue weighted by atomic mass is 32.2. The van der Waals surface area contributed by atoms with Gasteiger partial charge in [-0.2, -0.15) is 0 Å². The number of benzene rings is 2. The number of hydrogen-bond acceptors (Lipinski definition) is 6. The van der Waals surface area contributed by atoms with Crippen LogP contribution >= 0.6 is 11.8 Å². The van der Waals surface area contributed by atoms with E-state index in [1.165, 1.54) is 35.8 Å². The summed E-state index contributed by atoms with van der Waals surface area (Å²) in [5.41, 5.74) is 2.76. The molecule has 0 atom stereocenters. The molecular formula is C18H17N3O4S2. The maximum absolute atomic E-state index is 12.6. The van der Waals surface area contributed by atoms with E-state index in [9.17, 15) is 13.2 Å². The molecule has 0 radical (unpaired) electrons. The number of sulfonamides is 1. The summed E-state index contributed by atoms with van der Waals surface area (Å²) < 4.78 is 27.7. The Kier molecular flexibility index (Phi) is 5.64. The number of nitrogens with zero attached hydrogens (tertiary/aromatic N) is 1. The van der Waals surface area contributed by atoms with Gasteiger partial charge in [-0.05, 0) is 54.3 Å². The minimum Gasteiger partial charge on any atom is -0.288 e. The fraction of sp³-hybridized carbons (Fsp3) is 0.111. The van der Waals surface area contributed by atoms with Crippen LogP contribution in [0.25, 0.3) is 10.9 Å². The van der Waals surface area contributed by atoms with Gasteiger partial charge in [0.25, 0.3) is 15.9 Å². The first-order valence-corrected chi connectivity index (χ1v) is 10.5. The first-order valence-electron chi connectivity index (χ1n) is 8.04. The predicted molar refractivity (Wildman–Crippen MR) is 105 cm³/mol. The maximum Gasteiger partial charge on any atom is 0.274 e. The number of thioether (sulfide) groups is 1. The third kappa shape index (κ3) is 4.38. The van der Waals surface area contributed by atoms with Crippen LogP contribution in [-0.4, -0.2) is 30.3 Å². The lowest BCUT2D eigenvalue weighted by atomic mass is 10.2. The molecule has 1 amide bonds. The Morgan fingerprint density at radius 1 is 1.11 bits per heavy atom. The topological polar surface area (TPSA) is 108 Å². The molecule has 7 nitrogen and oxygen atoms in total. The number of nitrogens with one attached hydrogen (secondary N) is 2. The summed E-state index contributed by atoms with van der Waals surface area (Å²) in [6.07, 6.45) is 0. The summed E-state index contributed by atoms with van der Waals surface area (Å²) >= 11 is 1.62. The monoisotopic (exact) mass is 403 g/mol. The summed E-state index contributed by atoms with van der Waals surface area (Å²) in [4.78, 5) is 15.9. The van der Waals surface area contributed by atoms with Crippen molar-refractivity contribution in [2.45, 2.75) is 16.8 Å². The van der Waals surface area contributed by atoms with Gasteiger partial charge in [0.2, 0.25) is 0 Å². The molecule has 27 heavy (non-hydrogen) atoms. The Bertz CT molecular complexity index is 1080. The maximum atomic E-state index is 12.6. The molecule has 0 saturated carbocycles. The van der Waals surface area contributed by atoms with Crippen molar-refractivity contribution in [1.82, 2.24) is 10.5 Å². The van der Waals surface area contributed by atoms with Crippen molar-refractivity contribution in [2.24, 2.45) is 0 Å². The molecule has 0 saturated heterocycles. The summed E-state index contributed by atoms with van der Waals surface area (Å²) in [5, 5.41) is 10.2. The van der Waals surface area contributed by atoms with Gasteiger partial charge in [0.05, 0.1) is 15.4 Å². The first-order chi connectivity index (χ1) is 12.9. The Balaban J connectivity index is 1.85. The molecule has 1 aromatic heterocycles. The van der Waals surface area contributed by atoms with Crippen LogP contribution in [0, 0.1) is 0 Å². The Hall–Kier alpha value is -2.62. The fourth-order valence-electron chi connectivity index (χ4n) is 2.45. The molecule has 1 heterocycles. The molecule has 0 aliphatic carbocycles. The summed E-state index contributed by atoms with van der Waals surface area (Å²) in [5.74, 6) is 0.236. The van der Waals surface area contributed by atoms with E-state index < -0.39 is 15.9 Å². The van der Waals surface area contributed by atoms with Crippen molar-refractivity contribution < 1.29 is 18.4 Å². The van der Waals surface area contributed by atoms with Crippen molar-refractivity contribution in [3.05, 3.63) is 60.2 Å². The summed E-state index contributed by atoms with van der Waals surface area (Å²) in [6, 6.07) is 14.2. The van der Waals surface area contributed by atoms with Gasteiger partial charge in [-0.3, -0.25) is 14.7 Å². The zero-order valence-corrected chi connectivity index (χ0v) is 16.0. The highest BCUT2D eigenvalue weighted by molar-refractivity contribution is 7.99. The predicted octanol–water partition coefficient (Wildman–Crippen LogP) is 3.27. The number of carbonyl (C=O) groups is 1. The second-order valence-electron chi connectivity index (χ2n) is 5.56. The highest BCUT2D eigenvalue weighted by Crippen LogP contribution is 2.24. The Labute approximate surface area is 160 Å². The van der Waals surface area contributed by atoms with E-state index in [1.54, 1.807) is 23.9 Å². The molecule has 2 aromatic carbocycles. The molecule has 0 aliphatic rings. The second kappa shape index (κ2) is 7.95. The van der Waals surface area contributed by atoms with Gasteiger partial charge in [-0.25, -0.2) is 18.9 Å². The summed E-state index contributed by atoms with van der Waals surface area (Å²) in [6.45, 7) is 2.04. The lowest BCUT2D eigenvalue weighted by molar-refractivity contribution is 0.0706. The van der Waals surface area contributed by atoms with Crippen molar-refractivity contribution >= 4 is 44.3 Å². The van der Waals surface area contributed by atoms with Crippen molar-refractivity contribution in [3.8, 4) is 0 Å². The van der Waals surface area contributed by atoms with E-state index in [1.807, 2.05) is 19.1 Å². The van der Waals surface area contributed by atoms with Crippen LogP contribution in [0.1, 0.15) is 17.3 Å². The first kappa shape index (κ1) is 19.2. The quantitative estimate of drug-likeness (QED) is 0.331. The molecular weight excluding hydrogens is 386 g/mol. The van der Waals surface area contributed by atoms with E-state index >= 15 is 0 Å². The van der Waals surface area contributed by atoms with Crippen molar-refractivity contribution in [3.63, 3.8) is 0 Å². The number of hydroxylamine groups is 1. The molecule has 0 unspecified atom stereocenters. The standard InChI is InChI=1S/C18H17N3O4S2/c1-2-26-17-10-5-13-11-15(8-9-16(13)19-17)27(24,25)21-14-6-3-12(4-7-14)18(22)20-23/h3-11,21,23H,2H2,1H3,(H,20,22). The van der Waals surface area contributed by atoms with Gasteiger partial charge in [0.1, 0.15) is 0 Å². The van der Waals surface area contributed by atoms with Crippen molar-refractivity contribution in [2.75, 3.05) is 10.5 Å². The van der Waals surface area contributed by atoms with Gasteiger partial charge in [-0.1, -0.05) is 13.0 Å². The molecule has 9 heteroatoms. The van der Waals surface area contributed by atoms with Gasteiger partial charge in [0, 0.05) is 16.6 Å². The lowest BCUT2D eigenvalue weighted by Gasteiger charge is -2.10. The molecule has 0 spiro atoms.